The van der Waals surface area contributed by atoms with Gasteiger partial charge in [0.15, 0.2) is 0 Å². The molecule has 0 amide bonds. The van der Waals surface area contributed by atoms with Crippen molar-refractivity contribution in [2.45, 2.75) is 44.1 Å². The molecule has 1 aliphatic carbocycles. The fourth-order valence-corrected chi connectivity index (χ4v) is 2.22. The molecule has 0 nitrogen and oxygen atoms in total. The predicted octanol–water partition coefficient (Wildman–Crippen LogP) is 2.65. The molecule has 2 unspecified atom stereocenters. The largest absolute Gasteiger partial charge is 0.176 e. The lowest BCUT2D eigenvalue weighted by Gasteiger charge is -2.27. The van der Waals surface area contributed by atoms with Crippen molar-refractivity contribution in [3.8, 4) is 0 Å². The molecular weight excluding hydrogens is 139 g/mol. The molecule has 0 aromatic carbocycles. The standard InChI is InChI=1S/C8H16BS/c1-9-6-7-4-2-3-5-8(7)10/h7-8,10H,2-6H2,1H3. The summed E-state index contributed by atoms with van der Waals surface area (Å²) in [7, 11) is 2.28. The molecule has 0 aromatic heterocycles. The summed E-state index contributed by atoms with van der Waals surface area (Å²) in [5, 5.41) is 0.685. The summed E-state index contributed by atoms with van der Waals surface area (Å²) >= 11 is 4.57. The highest BCUT2D eigenvalue weighted by Gasteiger charge is 2.20. The van der Waals surface area contributed by atoms with E-state index in [0.717, 1.165) is 5.92 Å². The second-order valence-corrected chi connectivity index (χ2v) is 3.92. The average molecular weight is 155 g/mol. The molecule has 57 valence electrons. The first-order chi connectivity index (χ1) is 4.84. The van der Waals surface area contributed by atoms with E-state index in [2.05, 4.69) is 26.7 Å². The summed E-state index contributed by atoms with van der Waals surface area (Å²) in [4.78, 5) is 0. The van der Waals surface area contributed by atoms with Crippen LogP contribution in [0.5, 0.6) is 0 Å². The Morgan fingerprint density at radius 2 is 2.10 bits per heavy atom. The molecule has 10 heavy (non-hydrogen) atoms. The Hall–Kier alpha value is 0.415. The van der Waals surface area contributed by atoms with Gasteiger partial charge in [0.2, 0.25) is 0 Å². The van der Waals surface area contributed by atoms with Crippen molar-refractivity contribution >= 4 is 19.9 Å². The molecule has 0 N–H and O–H groups in total. The van der Waals surface area contributed by atoms with Gasteiger partial charge in [0.25, 0.3) is 0 Å². The molecule has 1 aliphatic rings. The third-order valence-corrected chi connectivity index (χ3v) is 3.09. The normalized spacial score (nSPS) is 33.8. The highest BCUT2D eigenvalue weighted by molar-refractivity contribution is 7.81. The molecule has 2 atom stereocenters. The maximum Gasteiger partial charge on any atom is 0.106 e. The van der Waals surface area contributed by atoms with Crippen molar-refractivity contribution in [2.24, 2.45) is 5.92 Å². The summed E-state index contributed by atoms with van der Waals surface area (Å²) in [6.45, 7) is 2.15. The Morgan fingerprint density at radius 3 is 2.70 bits per heavy atom. The molecule has 1 fully saturated rings. The molecule has 0 bridgehead atoms. The Morgan fingerprint density at radius 1 is 1.40 bits per heavy atom. The zero-order chi connectivity index (χ0) is 7.40. The molecule has 0 aromatic rings. The Labute approximate surface area is 70.4 Å². The van der Waals surface area contributed by atoms with E-state index in [-0.39, 0.29) is 0 Å². The predicted molar refractivity (Wildman–Crippen MR) is 51.2 cm³/mol. The number of thiol groups is 1. The van der Waals surface area contributed by atoms with E-state index in [0.29, 0.717) is 5.25 Å². The minimum Gasteiger partial charge on any atom is -0.176 e. The van der Waals surface area contributed by atoms with Crippen LogP contribution in [0.3, 0.4) is 0 Å². The van der Waals surface area contributed by atoms with E-state index in [1.807, 2.05) is 0 Å². The molecule has 0 heterocycles. The molecule has 1 rings (SSSR count). The topological polar surface area (TPSA) is 0 Å². The van der Waals surface area contributed by atoms with Gasteiger partial charge in [0.1, 0.15) is 7.28 Å². The van der Waals surface area contributed by atoms with Crippen molar-refractivity contribution in [1.29, 1.82) is 0 Å². The van der Waals surface area contributed by atoms with Crippen molar-refractivity contribution in [1.82, 2.24) is 0 Å². The zero-order valence-corrected chi connectivity index (χ0v) is 7.61. The van der Waals surface area contributed by atoms with E-state index in [4.69, 9.17) is 0 Å². The van der Waals surface area contributed by atoms with Crippen LogP contribution in [0.4, 0.5) is 0 Å². The van der Waals surface area contributed by atoms with Gasteiger partial charge in [0, 0.05) is 5.25 Å². The van der Waals surface area contributed by atoms with Crippen molar-refractivity contribution in [3.63, 3.8) is 0 Å². The van der Waals surface area contributed by atoms with Crippen LogP contribution in [0, 0.1) is 5.92 Å². The Kier molecular flexibility index (Phi) is 3.68. The minimum atomic E-state index is 0.685. The third-order valence-electron chi connectivity index (χ3n) is 2.41. The average Bonchev–Trinajstić information content (AvgIpc) is 1.94. The lowest BCUT2D eigenvalue weighted by molar-refractivity contribution is 0.398. The van der Waals surface area contributed by atoms with Crippen molar-refractivity contribution in [2.75, 3.05) is 0 Å². The van der Waals surface area contributed by atoms with Crippen molar-refractivity contribution in [3.05, 3.63) is 0 Å². The van der Waals surface area contributed by atoms with Gasteiger partial charge in [-0.3, -0.25) is 0 Å². The number of rotatable bonds is 2. The number of hydrogen-bond donors (Lipinski definition) is 1. The van der Waals surface area contributed by atoms with Crippen LogP contribution in [0.2, 0.25) is 13.1 Å². The first-order valence-electron chi connectivity index (χ1n) is 4.30. The molecule has 0 spiro atoms. The van der Waals surface area contributed by atoms with Crippen LogP contribution < -0.4 is 0 Å². The van der Waals surface area contributed by atoms with Gasteiger partial charge >= 0.3 is 0 Å². The van der Waals surface area contributed by atoms with Crippen LogP contribution in [0.25, 0.3) is 0 Å². The third kappa shape index (κ3) is 2.23. The Balaban J connectivity index is 2.25. The van der Waals surface area contributed by atoms with Crippen LogP contribution in [0.15, 0.2) is 0 Å². The summed E-state index contributed by atoms with van der Waals surface area (Å²) in [5.74, 6) is 0.877. The molecule has 2 heteroatoms. The summed E-state index contributed by atoms with van der Waals surface area (Å²) in [6, 6.07) is 0. The highest BCUT2D eigenvalue weighted by atomic mass is 32.1. The Bertz CT molecular complexity index is 93.3. The van der Waals surface area contributed by atoms with Crippen LogP contribution in [-0.2, 0) is 0 Å². The van der Waals surface area contributed by atoms with E-state index in [1.54, 1.807) is 0 Å². The second kappa shape index (κ2) is 4.33. The second-order valence-electron chi connectivity index (χ2n) is 3.26. The first-order valence-corrected chi connectivity index (χ1v) is 4.82. The SMILES string of the molecule is C[B]CC1CCCCC1S. The summed E-state index contributed by atoms with van der Waals surface area (Å²) in [6.07, 6.45) is 6.83. The zero-order valence-electron chi connectivity index (χ0n) is 6.71. The van der Waals surface area contributed by atoms with Gasteiger partial charge < -0.3 is 0 Å². The maximum atomic E-state index is 4.57. The first kappa shape index (κ1) is 8.51. The maximum absolute atomic E-state index is 4.57. The lowest BCUT2D eigenvalue weighted by atomic mass is 9.68. The monoisotopic (exact) mass is 155 g/mol. The molecular formula is C8H16BS. The molecule has 0 saturated heterocycles. The molecule has 0 aliphatic heterocycles. The quantitative estimate of drug-likeness (QED) is 0.460. The van der Waals surface area contributed by atoms with E-state index < -0.39 is 0 Å². The summed E-state index contributed by atoms with van der Waals surface area (Å²) < 4.78 is 0. The van der Waals surface area contributed by atoms with E-state index in [1.165, 1.54) is 32.0 Å². The highest BCUT2D eigenvalue weighted by Crippen LogP contribution is 2.30. The molecule has 1 saturated carbocycles. The fourth-order valence-electron chi connectivity index (χ4n) is 1.77. The van der Waals surface area contributed by atoms with Gasteiger partial charge in [0.05, 0.1) is 0 Å². The van der Waals surface area contributed by atoms with Gasteiger partial charge in [-0.05, 0) is 12.3 Å². The fraction of sp³-hybridized carbons (Fsp3) is 1.00. The van der Waals surface area contributed by atoms with E-state index in [9.17, 15) is 0 Å². The van der Waals surface area contributed by atoms with Crippen LogP contribution in [0.1, 0.15) is 25.7 Å². The van der Waals surface area contributed by atoms with Crippen LogP contribution >= 0.6 is 12.6 Å². The lowest BCUT2D eigenvalue weighted by Crippen LogP contribution is -2.20. The van der Waals surface area contributed by atoms with Gasteiger partial charge in [-0.1, -0.05) is 32.4 Å². The smallest absolute Gasteiger partial charge is 0.106 e. The van der Waals surface area contributed by atoms with Gasteiger partial charge in [-0.2, -0.15) is 12.6 Å². The summed E-state index contributed by atoms with van der Waals surface area (Å²) in [5.41, 5.74) is 0. The van der Waals surface area contributed by atoms with Crippen LogP contribution in [-0.4, -0.2) is 12.5 Å². The van der Waals surface area contributed by atoms with E-state index >= 15 is 0 Å². The van der Waals surface area contributed by atoms with Gasteiger partial charge in [-0.25, -0.2) is 0 Å². The van der Waals surface area contributed by atoms with Gasteiger partial charge in [-0.15, -0.1) is 0 Å². The van der Waals surface area contributed by atoms with Crippen molar-refractivity contribution < 1.29 is 0 Å². The number of hydrogen-bond acceptors (Lipinski definition) is 1. The minimum absolute atomic E-state index is 0.685. The molecule has 1 radical (unpaired) electrons.